The molecule has 0 bridgehead atoms. The molecule has 2 aromatic carbocycles. The average Bonchev–Trinajstić information content (AvgIpc) is 2.83. The number of likely N-dealkylation sites (N-methyl/N-ethyl adjacent to an activating group) is 1. The molecule has 0 radical (unpaired) electrons. The lowest BCUT2D eigenvalue weighted by atomic mass is 10.1. The van der Waals surface area contributed by atoms with Crippen LogP contribution in [0.4, 0.5) is 5.69 Å². The molecule has 0 aliphatic carbocycles. The number of aryl methyl sites for hydroxylation is 2. The first-order valence-corrected chi connectivity index (χ1v) is 14.1. The van der Waals surface area contributed by atoms with E-state index in [4.69, 9.17) is 4.74 Å². The van der Waals surface area contributed by atoms with Crippen LogP contribution in [0.2, 0.25) is 0 Å². The zero-order chi connectivity index (χ0) is 26.9. The van der Waals surface area contributed by atoms with Crippen molar-refractivity contribution in [1.29, 1.82) is 0 Å². The van der Waals surface area contributed by atoms with Gasteiger partial charge >= 0.3 is 0 Å². The molecule has 0 saturated heterocycles. The molecule has 0 spiro atoms. The summed E-state index contributed by atoms with van der Waals surface area (Å²) in [6.07, 6.45) is 2.05. The summed E-state index contributed by atoms with van der Waals surface area (Å²) in [6.45, 7) is 8.50. The summed E-state index contributed by atoms with van der Waals surface area (Å²) in [5.41, 5.74) is 3.49. The third-order valence-corrected chi connectivity index (χ3v) is 7.35. The Morgan fingerprint density at radius 1 is 1.06 bits per heavy atom. The molecule has 0 fully saturated rings. The van der Waals surface area contributed by atoms with Crippen molar-refractivity contribution in [3.05, 3.63) is 59.2 Å². The van der Waals surface area contributed by atoms with Crippen LogP contribution in [0.1, 0.15) is 49.8 Å². The van der Waals surface area contributed by atoms with Gasteiger partial charge in [0.25, 0.3) is 0 Å². The molecular weight excluding hydrogens is 478 g/mol. The molecule has 1 N–H and O–H groups in total. The van der Waals surface area contributed by atoms with Crippen LogP contribution in [-0.2, 0) is 26.2 Å². The molecular formula is C27H39N3O5S. The Morgan fingerprint density at radius 2 is 1.78 bits per heavy atom. The number of benzene rings is 2. The molecule has 2 aromatic rings. The number of sulfonamides is 1. The van der Waals surface area contributed by atoms with Crippen molar-refractivity contribution >= 4 is 27.5 Å². The Balaban J connectivity index is 2.23. The highest BCUT2D eigenvalue weighted by Crippen LogP contribution is 2.23. The van der Waals surface area contributed by atoms with Gasteiger partial charge in [-0.2, -0.15) is 0 Å². The van der Waals surface area contributed by atoms with Crippen molar-refractivity contribution in [3.63, 3.8) is 0 Å². The van der Waals surface area contributed by atoms with Gasteiger partial charge in [0.2, 0.25) is 21.8 Å². The third kappa shape index (κ3) is 7.98. The standard InChI is InChI=1S/C27H39N3O5S/c1-7-25(27(32)28-8-2)29(19-22-11-9-12-24(18-22)35-5)26(31)13-10-16-30(36(6,33)34)23-15-14-20(3)21(4)17-23/h9,11-12,14-15,17-18,25H,7-8,10,13,16,19H2,1-6H3,(H,28,32)/t25-/m1/s1. The molecule has 0 aliphatic heterocycles. The Labute approximate surface area is 215 Å². The summed E-state index contributed by atoms with van der Waals surface area (Å²) < 4.78 is 31.7. The number of amides is 2. The van der Waals surface area contributed by atoms with E-state index >= 15 is 0 Å². The van der Waals surface area contributed by atoms with E-state index in [1.54, 1.807) is 18.1 Å². The molecule has 8 nitrogen and oxygen atoms in total. The first-order valence-electron chi connectivity index (χ1n) is 12.3. The van der Waals surface area contributed by atoms with E-state index in [1.165, 1.54) is 10.6 Å². The SMILES string of the molecule is CCNC(=O)[C@@H](CC)N(Cc1cccc(OC)c1)C(=O)CCCN(c1ccc(C)c(C)c1)S(C)(=O)=O. The molecule has 0 heterocycles. The van der Waals surface area contributed by atoms with Crippen LogP contribution < -0.4 is 14.4 Å². The van der Waals surface area contributed by atoms with Gasteiger partial charge < -0.3 is 15.0 Å². The minimum Gasteiger partial charge on any atom is -0.497 e. The number of nitrogens with zero attached hydrogens (tertiary/aromatic N) is 2. The Hall–Kier alpha value is -3.07. The maximum absolute atomic E-state index is 13.4. The van der Waals surface area contributed by atoms with Gasteiger partial charge in [-0.05, 0) is 74.6 Å². The summed E-state index contributed by atoms with van der Waals surface area (Å²) in [7, 11) is -1.96. The second-order valence-electron chi connectivity index (χ2n) is 8.90. The second-order valence-corrected chi connectivity index (χ2v) is 10.8. The fraction of sp³-hybridized carbons (Fsp3) is 0.481. The molecule has 0 aromatic heterocycles. The molecule has 2 rings (SSSR count). The Bertz CT molecular complexity index is 1150. The van der Waals surface area contributed by atoms with Gasteiger partial charge in [0.15, 0.2) is 0 Å². The fourth-order valence-electron chi connectivity index (χ4n) is 4.06. The molecule has 9 heteroatoms. The lowest BCUT2D eigenvalue weighted by Crippen LogP contribution is -2.49. The lowest BCUT2D eigenvalue weighted by Gasteiger charge is -2.31. The highest BCUT2D eigenvalue weighted by Gasteiger charge is 2.28. The number of rotatable bonds is 13. The average molecular weight is 518 g/mol. The summed E-state index contributed by atoms with van der Waals surface area (Å²) in [6, 6.07) is 12.3. The first-order chi connectivity index (χ1) is 17.0. The third-order valence-electron chi connectivity index (χ3n) is 6.15. The number of hydrogen-bond donors (Lipinski definition) is 1. The molecule has 0 unspecified atom stereocenters. The van der Waals surface area contributed by atoms with Gasteiger partial charge in [0.1, 0.15) is 11.8 Å². The predicted molar refractivity (Wildman–Crippen MR) is 144 cm³/mol. The van der Waals surface area contributed by atoms with E-state index in [1.807, 2.05) is 64.1 Å². The maximum Gasteiger partial charge on any atom is 0.242 e. The van der Waals surface area contributed by atoms with Gasteiger partial charge in [-0.3, -0.25) is 13.9 Å². The van der Waals surface area contributed by atoms with Gasteiger partial charge in [0, 0.05) is 26.1 Å². The van der Waals surface area contributed by atoms with Crippen molar-refractivity contribution in [2.45, 2.75) is 59.5 Å². The first kappa shape index (κ1) is 29.2. The number of methoxy groups -OCH3 is 1. The van der Waals surface area contributed by atoms with Crippen molar-refractivity contribution in [3.8, 4) is 5.75 Å². The van der Waals surface area contributed by atoms with Crippen molar-refractivity contribution in [1.82, 2.24) is 10.2 Å². The van der Waals surface area contributed by atoms with Crippen molar-refractivity contribution < 1.29 is 22.7 Å². The zero-order valence-electron chi connectivity index (χ0n) is 22.2. The number of carbonyl (C=O) groups excluding carboxylic acids is 2. The van der Waals surface area contributed by atoms with Crippen LogP contribution in [0, 0.1) is 13.8 Å². The van der Waals surface area contributed by atoms with Crippen molar-refractivity contribution in [2.24, 2.45) is 0 Å². The summed E-state index contributed by atoms with van der Waals surface area (Å²) in [5, 5.41) is 2.82. The molecule has 0 aliphatic rings. The van der Waals surface area contributed by atoms with Crippen LogP contribution in [0.25, 0.3) is 0 Å². The predicted octanol–water partition coefficient (Wildman–Crippen LogP) is 3.80. The summed E-state index contributed by atoms with van der Waals surface area (Å²) >= 11 is 0. The van der Waals surface area contributed by atoms with E-state index < -0.39 is 16.1 Å². The molecule has 36 heavy (non-hydrogen) atoms. The molecule has 0 saturated carbocycles. The number of hydrogen-bond acceptors (Lipinski definition) is 5. The van der Waals surface area contributed by atoms with Gasteiger partial charge in [-0.15, -0.1) is 0 Å². The highest BCUT2D eigenvalue weighted by atomic mass is 32.2. The molecule has 1 atom stereocenters. The minimum atomic E-state index is -3.53. The van der Waals surface area contributed by atoms with Crippen LogP contribution in [0.3, 0.4) is 0 Å². The number of ether oxygens (including phenoxy) is 1. The molecule has 198 valence electrons. The maximum atomic E-state index is 13.4. The van der Waals surface area contributed by atoms with Gasteiger partial charge in [-0.25, -0.2) is 8.42 Å². The number of nitrogens with one attached hydrogen (secondary N) is 1. The summed E-state index contributed by atoms with van der Waals surface area (Å²) in [4.78, 5) is 27.8. The number of anilines is 1. The monoisotopic (exact) mass is 517 g/mol. The summed E-state index contributed by atoms with van der Waals surface area (Å²) in [5.74, 6) is 0.261. The quantitative estimate of drug-likeness (QED) is 0.436. The van der Waals surface area contributed by atoms with Gasteiger partial charge in [0.05, 0.1) is 19.1 Å². The number of carbonyl (C=O) groups is 2. The van der Waals surface area contributed by atoms with Crippen LogP contribution in [0.5, 0.6) is 5.75 Å². The topological polar surface area (TPSA) is 96.0 Å². The molecule has 2 amide bonds. The Morgan fingerprint density at radius 3 is 2.36 bits per heavy atom. The van der Waals surface area contributed by atoms with E-state index in [0.29, 0.717) is 30.8 Å². The second kappa shape index (κ2) is 13.3. The lowest BCUT2D eigenvalue weighted by molar-refractivity contribution is -0.141. The van der Waals surface area contributed by atoms with E-state index in [2.05, 4.69) is 5.32 Å². The Kier molecular flexibility index (Phi) is 10.8. The van der Waals surface area contributed by atoms with Gasteiger partial charge in [-0.1, -0.05) is 25.1 Å². The van der Waals surface area contributed by atoms with Crippen LogP contribution in [-0.4, -0.2) is 57.6 Å². The van der Waals surface area contributed by atoms with E-state index in [0.717, 1.165) is 16.7 Å². The highest BCUT2D eigenvalue weighted by molar-refractivity contribution is 7.92. The minimum absolute atomic E-state index is 0.108. The smallest absolute Gasteiger partial charge is 0.242 e. The zero-order valence-corrected chi connectivity index (χ0v) is 23.0. The largest absolute Gasteiger partial charge is 0.497 e. The van der Waals surface area contributed by atoms with E-state index in [-0.39, 0.29) is 31.3 Å². The van der Waals surface area contributed by atoms with E-state index in [9.17, 15) is 18.0 Å². The van der Waals surface area contributed by atoms with Crippen LogP contribution in [0.15, 0.2) is 42.5 Å². The van der Waals surface area contributed by atoms with Crippen molar-refractivity contribution in [2.75, 3.05) is 30.8 Å². The fourth-order valence-corrected chi connectivity index (χ4v) is 5.02. The van der Waals surface area contributed by atoms with Crippen LogP contribution >= 0.6 is 0 Å². The normalized spacial score (nSPS) is 12.1.